The van der Waals surface area contributed by atoms with Crippen molar-refractivity contribution in [1.29, 1.82) is 0 Å². The van der Waals surface area contributed by atoms with Gasteiger partial charge in [-0.2, -0.15) is 0 Å². The van der Waals surface area contributed by atoms with Gasteiger partial charge in [-0.3, -0.25) is 4.90 Å². The molecular weight excluding hydrogens is 196 g/mol. The Morgan fingerprint density at radius 1 is 1.31 bits per heavy atom. The standard InChI is InChI=1S/C14H30N2/c1-5-9-15-11-13(6-2)16-10-7-8-14(16)12(3)4/h12-15H,5-11H2,1-4H3. The van der Waals surface area contributed by atoms with Crippen molar-refractivity contribution in [1.82, 2.24) is 10.2 Å². The van der Waals surface area contributed by atoms with Gasteiger partial charge in [-0.1, -0.05) is 27.7 Å². The molecule has 1 saturated heterocycles. The van der Waals surface area contributed by atoms with Crippen LogP contribution in [-0.2, 0) is 0 Å². The summed E-state index contributed by atoms with van der Waals surface area (Å²) >= 11 is 0. The lowest BCUT2D eigenvalue weighted by atomic mass is 10.00. The summed E-state index contributed by atoms with van der Waals surface area (Å²) < 4.78 is 0. The summed E-state index contributed by atoms with van der Waals surface area (Å²) in [4.78, 5) is 2.76. The first-order valence-electron chi connectivity index (χ1n) is 7.17. The first-order chi connectivity index (χ1) is 7.70. The van der Waals surface area contributed by atoms with Gasteiger partial charge in [-0.05, 0) is 44.7 Å². The molecular formula is C14H30N2. The maximum atomic E-state index is 3.58. The Morgan fingerprint density at radius 3 is 2.62 bits per heavy atom. The number of rotatable bonds is 7. The second kappa shape index (κ2) is 7.29. The van der Waals surface area contributed by atoms with Crippen molar-refractivity contribution in [2.75, 3.05) is 19.6 Å². The Labute approximate surface area is 102 Å². The number of likely N-dealkylation sites (tertiary alicyclic amines) is 1. The number of hydrogen-bond donors (Lipinski definition) is 1. The lowest BCUT2D eigenvalue weighted by Crippen LogP contribution is -2.46. The molecule has 0 saturated carbocycles. The zero-order chi connectivity index (χ0) is 12.0. The second-order valence-electron chi connectivity index (χ2n) is 5.46. The molecule has 0 aromatic rings. The largest absolute Gasteiger partial charge is 0.315 e. The van der Waals surface area contributed by atoms with Gasteiger partial charge in [-0.25, -0.2) is 0 Å². The molecule has 0 aliphatic carbocycles. The molecule has 0 bridgehead atoms. The van der Waals surface area contributed by atoms with Gasteiger partial charge in [0.15, 0.2) is 0 Å². The van der Waals surface area contributed by atoms with Gasteiger partial charge in [0.1, 0.15) is 0 Å². The normalized spacial score (nSPS) is 24.2. The van der Waals surface area contributed by atoms with E-state index < -0.39 is 0 Å². The average Bonchev–Trinajstić information content (AvgIpc) is 2.73. The van der Waals surface area contributed by atoms with E-state index in [1.807, 2.05) is 0 Å². The van der Waals surface area contributed by atoms with Gasteiger partial charge in [0.25, 0.3) is 0 Å². The maximum absolute atomic E-state index is 3.58. The lowest BCUT2D eigenvalue weighted by Gasteiger charge is -2.35. The summed E-state index contributed by atoms with van der Waals surface area (Å²) in [5, 5.41) is 3.58. The number of nitrogens with one attached hydrogen (secondary N) is 1. The van der Waals surface area contributed by atoms with Gasteiger partial charge >= 0.3 is 0 Å². The molecule has 2 unspecified atom stereocenters. The van der Waals surface area contributed by atoms with Crippen molar-refractivity contribution in [3.63, 3.8) is 0 Å². The molecule has 1 N–H and O–H groups in total. The highest BCUT2D eigenvalue weighted by molar-refractivity contribution is 4.87. The summed E-state index contributed by atoms with van der Waals surface area (Å²) in [6.45, 7) is 13.0. The SMILES string of the molecule is CCCNCC(CC)N1CCCC1C(C)C. The first-order valence-corrected chi connectivity index (χ1v) is 7.17. The van der Waals surface area contributed by atoms with Gasteiger partial charge in [0, 0.05) is 18.6 Å². The molecule has 0 radical (unpaired) electrons. The van der Waals surface area contributed by atoms with Crippen LogP contribution in [0.5, 0.6) is 0 Å². The average molecular weight is 226 g/mol. The molecule has 0 amide bonds. The van der Waals surface area contributed by atoms with Crippen molar-refractivity contribution >= 4 is 0 Å². The Bertz CT molecular complexity index is 180. The van der Waals surface area contributed by atoms with Gasteiger partial charge in [-0.15, -0.1) is 0 Å². The molecule has 2 heteroatoms. The van der Waals surface area contributed by atoms with Gasteiger partial charge in [0.05, 0.1) is 0 Å². The Morgan fingerprint density at radius 2 is 2.06 bits per heavy atom. The van der Waals surface area contributed by atoms with E-state index in [-0.39, 0.29) is 0 Å². The minimum atomic E-state index is 0.751. The Kier molecular flexibility index (Phi) is 6.37. The van der Waals surface area contributed by atoms with Crippen LogP contribution in [0.15, 0.2) is 0 Å². The number of hydrogen-bond acceptors (Lipinski definition) is 2. The third kappa shape index (κ3) is 3.74. The van der Waals surface area contributed by atoms with Crippen LogP contribution in [0.3, 0.4) is 0 Å². The molecule has 1 fully saturated rings. The van der Waals surface area contributed by atoms with Crippen LogP contribution in [0.1, 0.15) is 53.4 Å². The van der Waals surface area contributed by atoms with E-state index in [0.717, 1.165) is 24.5 Å². The van der Waals surface area contributed by atoms with E-state index in [4.69, 9.17) is 0 Å². The molecule has 0 aromatic carbocycles. The molecule has 1 heterocycles. The van der Waals surface area contributed by atoms with Crippen LogP contribution in [0.4, 0.5) is 0 Å². The molecule has 0 aromatic heterocycles. The van der Waals surface area contributed by atoms with E-state index in [0.29, 0.717) is 0 Å². The fraction of sp³-hybridized carbons (Fsp3) is 1.00. The van der Waals surface area contributed by atoms with Crippen LogP contribution >= 0.6 is 0 Å². The molecule has 1 aliphatic heterocycles. The fourth-order valence-electron chi connectivity index (χ4n) is 2.93. The molecule has 16 heavy (non-hydrogen) atoms. The van der Waals surface area contributed by atoms with Crippen molar-refractivity contribution in [3.8, 4) is 0 Å². The quantitative estimate of drug-likeness (QED) is 0.672. The zero-order valence-corrected chi connectivity index (χ0v) is 11.6. The highest BCUT2D eigenvalue weighted by Gasteiger charge is 2.31. The molecule has 0 spiro atoms. The third-order valence-corrected chi connectivity index (χ3v) is 3.86. The van der Waals surface area contributed by atoms with Gasteiger partial charge < -0.3 is 5.32 Å². The van der Waals surface area contributed by atoms with Crippen molar-refractivity contribution in [2.24, 2.45) is 5.92 Å². The van der Waals surface area contributed by atoms with E-state index in [9.17, 15) is 0 Å². The summed E-state index contributed by atoms with van der Waals surface area (Å²) in [6, 6.07) is 1.58. The smallest absolute Gasteiger partial charge is 0.0221 e. The van der Waals surface area contributed by atoms with E-state index in [2.05, 4.69) is 37.9 Å². The molecule has 2 nitrogen and oxygen atoms in total. The minimum absolute atomic E-state index is 0.751. The fourth-order valence-corrected chi connectivity index (χ4v) is 2.93. The lowest BCUT2D eigenvalue weighted by molar-refractivity contribution is 0.139. The van der Waals surface area contributed by atoms with Crippen molar-refractivity contribution in [3.05, 3.63) is 0 Å². The highest BCUT2D eigenvalue weighted by atomic mass is 15.2. The predicted octanol–water partition coefficient (Wildman–Crippen LogP) is 2.89. The summed E-state index contributed by atoms with van der Waals surface area (Å²) in [5.74, 6) is 0.808. The first kappa shape index (κ1) is 14.0. The molecule has 96 valence electrons. The molecule has 1 rings (SSSR count). The minimum Gasteiger partial charge on any atom is -0.315 e. The van der Waals surface area contributed by atoms with Crippen molar-refractivity contribution < 1.29 is 0 Å². The van der Waals surface area contributed by atoms with E-state index >= 15 is 0 Å². The van der Waals surface area contributed by atoms with E-state index in [1.54, 1.807) is 0 Å². The summed E-state index contributed by atoms with van der Waals surface area (Å²) in [6.07, 6.45) is 5.32. The van der Waals surface area contributed by atoms with Crippen LogP contribution < -0.4 is 5.32 Å². The van der Waals surface area contributed by atoms with Crippen molar-refractivity contribution in [2.45, 2.75) is 65.5 Å². The van der Waals surface area contributed by atoms with Crippen LogP contribution in [0.25, 0.3) is 0 Å². The summed E-state index contributed by atoms with van der Waals surface area (Å²) in [5.41, 5.74) is 0. The Hall–Kier alpha value is -0.0800. The zero-order valence-electron chi connectivity index (χ0n) is 11.6. The number of nitrogens with zero attached hydrogens (tertiary/aromatic N) is 1. The summed E-state index contributed by atoms with van der Waals surface area (Å²) in [7, 11) is 0. The monoisotopic (exact) mass is 226 g/mol. The van der Waals surface area contributed by atoms with Crippen LogP contribution in [0, 0.1) is 5.92 Å². The second-order valence-corrected chi connectivity index (χ2v) is 5.46. The Balaban J connectivity index is 2.44. The topological polar surface area (TPSA) is 15.3 Å². The van der Waals surface area contributed by atoms with Gasteiger partial charge in [0.2, 0.25) is 0 Å². The predicted molar refractivity (Wildman–Crippen MR) is 71.8 cm³/mol. The molecule has 1 aliphatic rings. The van der Waals surface area contributed by atoms with E-state index in [1.165, 1.54) is 38.8 Å². The maximum Gasteiger partial charge on any atom is 0.0221 e. The van der Waals surface area contributed by atoms with Crippen LogP contribution in [-0.4, -0.2) is 36.6 Å². The van der Waals surface area contributed by atoms with Crippen LogP contribution in [0.2, 0.25) is 0 Å². The molecule has 2 atom stereocenters. The third-order valence-electron chi connectivity index (χ3n) is 3.86. The highest BCUT2D eigenvalue weighted by Crippen LogP contribution is 2.26.